The first-order valence-electron chi connectivity index (χ1n) is 14.7. The summed E-state index contributed by atoms with van der Waals surface area (Å²) in [5, 5.41) is 26.3. The average Bonchev–Trinajstić information content (AvgIpc) is 3.21. The van der Waals surface area contributed by atoms with Crippen molar-refractivity contribution in [3.63, 3.8) is 0 Å². The number of aliphatic hydroxyl groups excluding tert-OH is 2. The normalized spacial score (nSPS) is 19.6. The maximum atomic E-state index is 12.5. The van der Waals surface area contributed by atoms with Gasteiger partial charge in [-0.05, 0) is 49.6 Å². The molecular weight excluding hydrogens is 504 g/mol. The second-order valence-electron chi connectivity index (χ2n) is 10.8. The molecule has 2 aromatic rings. The van der Waals surface area contributed by atoms with E-state index in [0.29, 0.717) is 36.2 Å². The van der Waals surface area contributed by atoms with Gasteiger partial charge in [0.1, 0.15) is 5.78 Å². The van der Waals surface area contributed by atoms with Crippen molar-refractivity contribution in [3.8, 4) is 0 Å². The van der Waals surface area contributed by atoms with Gasteiger partial charge in [0, 0.05) is 41.6 Å². The zero-order chi connectivity index (χ0) is 28.7. The lowest BCUT2D eigenvalue weighted by Crippen LogP contribution is -2.19. The van der Waals surface area contributed by atoms with Crippen LogP contribution in [0.3, 0.4) is 0 Å². The van der Waals surface area contributed by atoms with Crippen molar-refractivity contribution < 1.29 is 24.6 Å². The average molecular weight is 549 g/mol. The van der Waals surface area contributed by atoms with E-state index in [9.17, 15) is 24.6 Å². The van der Waals surface area contributed by atoms with Gasteiger partial charge in [0.25, 0.3) is 5.91 Å². The summed E-state index contributed by atoms with van der Waals surface area (Å²) in [5.41, 5.74) is 1.75. The number of unbranched alkanes of at least 4 members (excludes halogenated alkanes) is 5. The zero-order valence-corrected chi connectivity index (χ0v) is 23.6. The molecule has 0 aliphatic heterocycles. The molecule has 0 aromatic heterocycles. The lowest BCUT2D eigenvalue weighted by Gasteiger charge is -2.18. The molecule has 3 rings (SSSR count). The van der Waals surface area contributed by atoms with Crippen molar-refractivity contribution in [2.45, 2.75) is 89.8 Å². The van der Waals surface area contributed by atoms with Crippen molar-refractivity contribution in [2.75, 3.05) is 10.6 Å². The Labute approximate surface area is 238 Å². The van der Waals surface area contributed by atoms with Gasteiger partial charge in [-0.3, -0.25) is 14.4 Å². The molecule has 0 spiro atoms. The lowest BCUT2D eigenvalue weighted by atomic mass is 9.88. The largest absolute Gasteiger partial charge is 0.392 e. The highest BCUT2D eigenvalue weighted by Crippen LogP contribution is 2.34. The van der Waals surface area contributed by atoms with Crippen molar-refractivity contribution in [3.05, 3.63) is 72.3 Å². The van der Waals surface area contributed by atoms with Crippen LogP contribution in [0.5, 0.6) is 0 Å². The lowest BCUT2D eigenvalue weighted by molar-refractivity contribution is -0.121. The van der Waals surface area contributed by atoms with E-state index in [-0.39, 0.29) is 35.9 Å². The molecule has 7 heteroatoms. The van der Waals surface area contributed by atoms with Gasteiger partial charge in [-0.15, -0.1) is 0 Å². The predicted molar refractivity (Wildman–Crippen MR) is 159 cm³/mol. The van der Waals surface area contributed by atoms with Gasteiger partial charge in [0.2, 0.25) is 5.91 Å². The summed E-state index contributed by atoms with van der Waals surface area (Å²) in [6.45, 7) is 2.12. The summed E-state index contributed by atoms with van der Waals surface area (Å²) >= 11 is 0. The highest BCUT2D eigenvalue weighted by Gasteiger charge is 2.39. The van der Waals surface area contributed by atoms with Crippen molar-refractivity contribution >= 4 is 29.0 Å². The number of Topliss-reactive ketones (excluding diaryl/α,β-unsaturated/α-hetero) is 1. The molecule has 7 nitrogen and oxygen atoms in total. The Morgan fingerprint density at radius 1 is 0.950 bits per heavy atom. The summed E-state index contributed by atoms with van der Waals surface area (Å²) in [6, 6.07) is 16.1. The maximum absolute atomic E-state index is 12.5. The molecule has 0 saturated heterocycles. The third kappa shape index (κ3) is 10.4. The Hall–Kier alpha value is -3.29. The Morgan fingerprint density at radius 3 is 2.48 bits per heavy atom. The fraction of sp³-hybridized carbons (Fsp3) is 0.485. The van der Waals surface area contributed by atoms with Crippen LogP contribution in [-0.2, 0) is 9.59 Å². The number of carbonyl (C=O) groups is 3. The summed E-state index contributed by atoms with van der Waals surface area (Å²) < 4.78 is 0. The van der Waals surface area contributed by atoms with Gasteiger partial charge in [0.05, 0.1) is 12.2 Å². The number of anilines is 2. The Morgan fingerprint density at radius 2 is 1.70 bits per heavy atom. The van der Waals surface area contributed by atoms with Crippen molar-refractivity contribution in [2.24, 2.45) is 11.8 Å². The smallest absolute Gasteiger partial charge is 0.255 e. The molecule has 1 fully saturated rings. The first kappa shape index (κ1) is 31.2. The molecule has 40 heavy (non-hydrogen) atoms. The highest BCUT2D eigenvalue weighted by atomic mass is 16.3. The summed E-state index contributed by atoms with van der Waals surface area (Å²) in [6.07, 6.45) is 10.9. The monoisotopic (exact) mass is 548 g/mol. The number of nitrogens with one attached hydrogen (secondary N) is 2. The van der Waals surface area contributed by atoms with Crippen LogP contribution >= 0.6 is 0 Å². The topological polar surface area (TPSA) is 116 Å². The fourth-order valence-electron chi connectivity index (χ4n) is 5.24. The van der Waals surface area contributed by atoms with Gasteiger partial charge in [-0.1, -0.05) is 81.9 Å². The third-order valence-corrected chi connectivity index (χ3v) is 7.50. The quantitative estimate of drug-likeness (QED) is 0.146. The molecule has 0 bridgehead atoms. The van der Waals surface area contributed by atoms with Gasteiger partial charge >= 0.3 is 0 Å². The molecule has 2 amide bonds. The second-order valence-corrected chi connectivity index (χ2v) is 10.8. The number of rotatable bonds is 16. The van der Waals surface area contributed by atoms with Crippen LogP contribution in [0.15, 0.2) is 66.7 Å². The van der Waals surface area contributed by atoms with Gasteiger partial charge in [-0.2, -0.15) is 0 Å². The molecule has 2 aromatic carbocycles. The van der Waals surface area contributed by atoms with Crippen LogP contribution in [0, 0.1) is 11.8 Å². The molecule has 4 atom stereocenters. The van der Waals surface area contributed by atoms with Gasteiger partial charge in [-0.25, -0.2) is 0 Å². The SMILES string of the molecule is CCCCCC(O)/C=C/[C@H]1[C@H](O)CC(=O)[C@@H]1CCCCCCC(=O)Nc1cccc(C(=O)Nc2ccccc2)c1. The number of amides is 2. The molecule has 216 valence electrons. The Balaban J connectivity index is 1.35. The number of aliphatic hydroxyl groups is 2. The minimum Gasteiger partial charge on any atom is -0.392 e. The minimum atomic E-state index is -0.678. The van der Waals surface area contributed by atoms with E-state index in [1.54, 1.807) is 30.3 Å². The minimum absolute atomic E-state index is 0.0988. The summed E-state index contributed by atoms with van der Waals surface area (Å²) in [4.78, 5) is 37.4. The Bertz CT molecular complexity index is 1120. The van der Waals surface area contributed by atoms with Crippen LogP contribution in [0.4, 0.5) is 11.4 Å². The fourth-order valence-corrected chi connectivity index (χ4v) is 5.24. The van der Waals surface area contributed by atoms with Gasteiger partial charge in [0.15, 0.2) is 0 Å². The second kappa shape index (κ2) is 16.7. The van der Waals surface area contributed by atoms with E-state index < -0.39 is 12.2 Å². The molecule has 0 heterocycles. The Kier molecular flexibility index (Phi) is 13.1. The standard InChI is InChI=1S/C33H44N2O5/c1-2-3-7-17-27(36)20-21-29-28(30(37)23-31(29)38)18-10-4-5-11-19-32(39)34-26-16-12-13-24(22-26)33(40)35-25-14-8-6-9-15-25/h6,8-9,12-16,20-22,27-29,31,36,38H,2-5,7,10-11,17-19,23H2,1H3,(H,34,39)(H,35,40)/b21-20+/t27?,28-,29-,31-/m1/s1. The first-order valence-corrected chi connectivity index (χ1v) is 14.7. The van der Waals surface area contributed by atoms with Crippen LogP contribution in [-0.4, -0.2) is 40.0 Å². The third-order valence-electron chi connectivity index (χ3n) is 7.50. The van der Waals surface area contributed by atoms with Crippen LogP contribution < -0.4 is 10.6 Å². The molecule has 0 radical (unpaired) electrons. The van der Waals surface area contributed by atoms with Crippen molar-refractivity contribution in [1.82, 2.24) is 0 Å². The van der Waals surface area contributed by atoms with E-state index in [4.69, 9.17) is 0 Å². The number of ketones is 1. The van der Waals surface area contributed by atoms with E-state index in [0.717, 1.165) is 44.9 Å². The van der Waals surface area contributed by atoms with Crippen LogP contribution in [0.1, 0.15) is 87.9 Å². The predicted octanol–water partition coefficient (Wildman–Crippen LogP) is 6.28. The highest BCUT2D eigenvalue weighted by molar-refractivity contribution is 6.05. The van der Waals surface area contributed by atoms with Crippen LogP contribution in [0.2, 0.25) is 0 Å². The number of hydrogen-bond acceptors (Lipinski definition) is 5. The van der Waals surface area contributed by atoms with Crippen LogP contribution in [0.25, 0.3) is 0 Å². The molecule has 1 aliphatic carbocycles. The molecule has 1 unspecified atom stereocenters. The molecule has 1 aliphatic rings. The summed E-state index contributed by atoms with van der Waals surface area (Å²) in [7, 11) is 0. The number of carbonyl (C=O) groups excluding carboxylic acids is 3. The van der Waals surface area contributed by atoms with E-state index in [1.807, 2.05) is 36.4 Å². The van der Waals surface area contributed by atoms with Crippen molar-refractivity contribution in [1.29, 1.82) is 0 Å². The zero-order valence-electron chi connectivity index (χ0n) is 23.6. The maximum Gasteiger partial charge on any atom is 0.255 e. The number of para-hydroxylation sites is 1. The molecule has 4 N–H and O–H groups in total. The summed E-state index contributed by atoms with van der Waals surface area (Å²) in [5.74, 6) is -0.677. The van der Waals surface area contributed by atoms with E-state index >= 15 is 0 Å². The first-order chi connectivity index (χ1) is 19.4. The van der Waals surface area contributed by atoms with E-state index in [2.05, 4.69) is 17.6 Å². The van der Waals surface area contributed by atoms with E-state index in [1.165, 1.54) is 0 Å². The van der Waals surface area contributed by atoms with Gasteiger partial charge < -0.3 is 20.8 Å². The molecular formula is C33H44N2O5. The molecule has 1 saturated carbocycles. The number of benzene rings is 2. The number of hydrogen-bond donors (Lipinski definition) is 4.